The van der Waals surface area contributed by atoms with Gasteiger partial charge in [-0.2, -0.15) is 0 Å². The summed E-state index contributed by atoms with van der Waals surface area (Å²) in [5.74, 6) is 0.628. The first-order valence-electron chi connectivity index (χ1n) is 8.49. The van der Waals surface area contributed by atoms with Crippen molar-refractivity contribution in [2.24, 2.45) is 0 Å². The summed E-state index contributed by atoms with van der Waals surface area (Å²) in [5, 5.41) is 6.39. The summed E-state index contributed by atoms with van der Waals surface area (Å²) in [5.41, 5.74) is 4.16. The van der Waals surface area contributed by atoms with Gasteiger partial charge in [-0.1, -0.05) is 60.7 Å². The van der Waals surface area contributed by atoms with Gasteiger partial charge in [-0.25, -0.2) is 0 Å². The summed E-state index contributed by atoms with van der Waals surface area (Å²) in [4.78, 5) is 2.62. The van der Waals surface area contributed by atoms with E-state index in [4.69, 9.17) is 0 Å². The van der Waals surface area contributed by atoms with E-state index in [-0.39, 0.29) is 0 Å². The molecule has 3 aromatic rings. The fraction of sp³-hybridized carbons (Fsp3) is 0.238. The van der Waals surface area contributed by atoms with Crippen molar-refractivity contribution in [3.05, 3.63) is 72.3 Å². The Morgan fingerprint density at radius 1 is 0.870 bits per heavy atom. The molecule has 1 N–H and O–H groups in total. The number of nitrogens with one attached hydrogen (secondary N) is 1. The Balaban J connectivity index is 1.58. The Morgan fingerprint density at radius 3 is 2.61 bits per heavy atom. The van der Waals surface area contributed by atoms with Gasteiger partial charge in [-0.05, 0) is 23.4 Å². The highest BCUT2D eigenvalue weighted by Gasteiger charge is 2.38. The lowest BCUT2D eigenvalue weighted by Gasteiger charge is -2.37. The van der Waals surface area contributed by atoms with Gasteiger partial charge in [-0.3, -0.25) is 0 Å². The van der Waals surface area contributed by atoms with Crippen LogP contribution in [0.25, 0.3) is 10.8 Å². The van der Waals surface area contributed by atoms with Gasteiger partial charge in [0.05, 0.1) is 17.4 Å². The van der Waals surface area contributed by atoms with Crippen molar-refractivity contribution < 1.29 is 0 Å². The van der Waals surface area contributed by atoms with Crippen molar-refractivity contribution >= 4 is 22.1 Å². The highest BCUT2D eigenvalue weighted by Crippen LogP contribution is 2.44. The highest BCUT2D eigenvalue weighted by molar-refractivity contribution is 6.01. The molecule has 2 aliphatic heterocycles. The van der Waals surface area contributed by atoms with Crippen molar-refractivity contribution in [2.75, 3.05) is 23.3 Å². The molecule has 114 valence electrons. The molecule has 0 aliphatic carbocycles. The van der Waals surface area contributed by atoms with Gasteiger partial charge in [0.15, 0.2) is 0 Å². The van der Waals surface area contributed by atoms with Crippen LogP contribution < -0.4 is 10.2 Å². The lowest BCUT2D eigenvalue weighted by atomic mass is 9.90. The van der Waals surface area contributed by atoms with Crippen LogP contribution >= 0.6 is 0 Å². The van der Waals surface area contributed by atoms with Crippen molar-refractivity contribution in [1.82, 2.24) is 0 Å². The van der Waals surface area contributed by atoms with Crippen LogP contribution in [0.1, 0.15) is 17.9 Å². The minimum absolute atomic E-state index is 0.561. The van der Waals surface area contributed by atoms with Crippen LogP contribution in [0.4, 0.5) is 11.4 Å². The first-order chi connectivity index (χ1) is 11.4. The fourth-order valence-electron chi connectivity index (χ4n) is 4.39. The molecule has 2 atom stereocenters. The zero-order valence-corrected chi connectivity index (χ0v) is 13.1. The van der Waals surface area contributed by atoms with Gasteiger partial charge in [0.1, 0.15) is 0 Å². The van der Waals surface area contributed by atoms with Crippen molar-refractivity contribution in [2.45, 2.75) is 18.4 Å². The molecule has 2 heteroatoms. The van der Waals surface area contributed by atoms with Crippen LogP contribution in [0.3, 0.4) is 0 Å². The first-order valence-corrected chi connectivity index (χ1v) is 8.49. The Hall–Kier alpha value is -2.48. The number of fused-ring (bicyclic) bond motifs is 5. The molecule has 1 fully saturated rings. The van der Waals surface area contributed by atoms with Crippen LogP contribution in [-0.4, -0.2) is 19.1 Å². The minimum atomic E-state index is 0.561. The average molecular weight is 300 g/mol. The lowest BCUT2D eigenvalue weighted by Crippen LogP contribution is -2.41. The first kappa shape index (κ1) is 13.0. The van der Waals surface area contributed by atoms with Crippen LogP contribution in [0.15, 0.2) is 66.7 Å². The summed E-state index contributed by atoms with van der Waals surface area (Å²) in [6, 6.07) is 24.8. The molecule has 0 bridgehead atoms. The van der Waals surface area contributed by atoms with E-state index >= 15 is 0 Å². The van der Waals surface area contributed by atoms with E-state index in [2.05, 4.69) is 76.9 Å². The van der Waals surface area contributed by atoms with E-state index in [1.54, 1.807) is 0 Å². The number of nitrogens with zero attached hydrogens (tertiary/aromatic N) is 1. The molecular formula is C21H20N2. The van der Waals surface area contributed by atoms with Gasteiger partial charge >= 0.3 is 0 Å². The number of hydrogen-bond donors (Lipinski definition) is 1. The summed E-state index contributed by atoms with van der Waals surface area (Å²) >= 11 is 0. The molecule has 23 heavy (non-hydrogen) atoms. The molecule has 0 unspecified atom stereocenters. The van der Waals surface area contributed by atoms with Gasteiger partial charge in [-0.15, -0.1) is 0 Å². The predicted octanol–water partition coefficient (Wildman–Crippen LogP) is 4.63. The third kappa shape index (κ3) is 1.94. The molecule has 1 saturated heterocycles. The van der Waals surface area contributed by atoms with Crippen LogP contribution in [0, 0.1) is 0 Å². The fourth-order valence-corrected chi connectivity index (χ4v) is 4.39. The number of benzene rings is 3. The molecule has 5 rings (SSSR count). The van der Waals surface area contributed by atoms with Crippen LogP contribution in [0.2, 0.25) is 0 Å². The van der Waals surface area contributed by atoms with E-state index in [9.17, 15) is 0 Å². The summed E-state index contributed by atoms with van der Waals surface area (Å²) < 4.78 is 0. The second-order valence-electron chi connectivity index (χ2n) is 6.63. The van der Waals surface area contributed by atoms with E-state index in [0.717, 1.165) is 13.1 Å². The van der Waals surface area contributed by atoms with Gasteiger partial charge in [0, 0.05) is 24.4 Å². The largest absolute Gasteiger partial charge is 0.381 e. The second-order valence-corrected chi connectivity index (χ2v) is 6.63. The minimum Gasteiger partial charge on any atom is -0.381 e. The molecule has 2 heterocycles. The third-order valence-electron chi connectivity index (χ3n) is 5.48. The Labute approximate surface area is 136 Å². The molecular weight excluding hydrogens is 280 g/mol. The summed E-state index contributed by atoms with van der Waals surface area (Å²) in [6.45, 7) is 2.18. The molecule has 3 aromatic carbocycles. The Kier molecular flexibility index (Phi) is 2.84. The van der Waals surface area contributed by atoms with Gasteiger partial charge in [0.2, 0.25) is 0 Å². The number of rotatable bonds is 1. The van der Waals surface area contributed by atoms with Gasteiger partial charge in [0.25, 0.3) is 0 Å². The predicted molar refractivity (Wildman–Crippen MR) is 97.4 cm³/mol. The van der Waals surface area contributed by atoms with Crippen molar-refractivity contribution in [3.63, 3.8) is 0 Å². The van der Waals surface area contributed by atoms with E-state index in [1.165, 1.54) is 34.1 Å². The zero-order chi connectivity index (χ0) is 15.2. The average Bonchev–Trinajstić information content (AvgIpc) is 3.06. The highest BCUT2D eigenvalue weighted by atomic mass is 15.2. The number of anilines is 2. The maximum Gasteiger partial charge on any atom is 0.0658 e. The molecule has 0 saturated carbocycles. The molecule has 0 amide bonds. The monoisotopic (exact) mass is 300 g/mol. The third-order valence-corrected chi connectivity index (χ3v) is 5.48. The zero-order valence-electron chi connectivity index (χ0n) is 13.1. The van der Waals surface area contributed by atoms with Crippen molar-refractivity contribution in [1.29, 1.82) is 0 Å². The quantitative estimate of drug-likeness (QED) is 0.705. The summed E-state index contributed by atoms with van der Waals surface area (Å²) in [6.07, 6.45) is 1.24. The molecule has 2 nitrogen and oxygen atoms in total. The Bertz CT molecular complexity index is 856. The smallest absolute Gasteiger partial charge is 0.0658 e. The maximum atomic E-state index is 3.74. The standard InChI is InChI=1S/C21H20N2/c1-2-6-15(7-3-1)17-12-13-23-19-11-10-16-8-4-5-9-18(16)21(19)22-14-20(17)23/h1-11,17,20,22H,12-14H2/t17-,20-/m1/s1. The maximum absolute atomic E-state index is 3.74. The Morgan fingerprint density at radius 2 is 1.70 bits per heavy atom. The topological polar surface area (TPSA) is 15.3 Å². The molecule has 2 aliphatic rings. The van der Waals surface area contributed by atoms with Crippen LogP contribution in [-0.2, 0) is 0 Å². The van der Waals surface area contributed by atoms with Crippen LogP contribution in [0.5, 0.6) is 0 Å². The molecule has 0 aromatic heterocycles. The normalized spacial score (nSPS) is 22.5. The number of hydrogen-bond acceptors (Lipinski definition) is 2. The van der Waals surface area contributed by atoms with E-state index in [1.807, 2.05) is 0 Å². The van der Waals surface area contributed by atoms with E-state index < -0.39 is 0 Å². The molecule has 0 spiro atoms. The SMILES string of the molecule is c1ccc([C@H]2CCN3c4ccc5ccccc5c4NC[C@H]23)cc1. The lowest BCUT2D eigenvalue weighted by molar-refractivity contribution is 0.603. The second kappa shape index (κ2) is 5.02. The van der Waals surface area contributed by atoms with Gasteiger partial charge < -0.3 is 10.2 Å². The van der Waals surface area contributed by atoms with E-state index in [0.29, 0.717) is 12.0 Å². The summed E-state index contributed by atoms with van der Waals surface area (Å²) in [7, 11) is 0. The van der Waals surface area contributed by atoms with Crippen molar-refractivity contribution in [3.8, 4) is 0 Å². The molecule has 0 radical (unpaired) electrons.